The largest absolute Gasteiger partial charge is 0.456 e. The third-order valence-corrected chi connectivity index (χ3v) is 5.96. The van der Waals surface area contributed by atoms with E-state index in [4.69, 9.17) is 16.3 Å². The van der Waals surface area contributed by atoms with Crippen LogP contribution in [0.25, 0.3) is 10.9 Å². The Hall–Kier alpha value is -4.31. The summed E-state index contributed by atoms with van der Waals surface area (Å²) in [6.07, 6.45) is 2.99. The van der Waals surface area contributed by atoms with E-state index >= 15 is 0 Å². The predicted molar refractivity (Wildman–Crippen MR) is 132 cm³/mol. The highest BCUT2D eigenvalue weighted by Gasteiger charge is 2.25. The molecule has 0 atom stereocenters. The second-order valence-corrected chi connectivity index (χ2v) is 8.40. The molecule has 1 N–H and O–H groups in total. The Labute approximate surface area is 208 Å². The number of rotatable bonds is 6. The number of nitrogens with zero attached hydrogens (tertiary/aromatic N) is 4. The summed E-state index contributed by atoms with van der Waals surface area (Å²) in [5.41, 5.74) is 1.68. The number of carbonyl (C=O) groups excluding carboxylic acids is 1. The molecule has 1 aliphatic heterocycles. The molecule has 5 rings (SSSR count). The number of hydrogen-bond donors (Lipinski definition) is 1. The van der Waals surface area contributed by atoms with Crippen molar-refractivity contribution in [2.24, 2.45) is 0 Å². The summed E-state index contributed by atoms with van der Waals surface area (Å²) >= 11 is 6.37. The first kappa shape index (κ1) is 23.4. The van der Waals surface area contributed by atoms with Crippen LogP contribution in [-0.2, 0) is 4.79 Å². The molecule has 0 bridgehead atoms. The number of hydrogen-bond acceptors (Lipinski definition) is 6. The summed E-state index contributed by atoms with van der Waals surface area (Å²) in [7, 11) is 0. The predicted octanol–water partition coefficient (Wildman–Crippen LogP) is 5.67. The molecule has 0 aliphatic carbocycles. The van der Waals surface area contributed by atoms with Crippen LogP contribution in [0.5, 0.6) is 11.5 Å². The highest BCUT2D eigenvalue weighted by molar-refractivity contribution is 6.32. The SMILES string of the molecule is C=C1CCN(c2ccc3ncnc(Nc4ccc(Oc5ccn(C(F)F)c(=O)c5)c(Cl)c4)c3c2)C1=O. The van der Waals surface area contributed by atoms with Gasteiger partial charge < -0.3 is 15.0 Å². The number of anilines is 3. The highest BCUT2D eigenvalue weighted by atomic mass is 35.5. The Morgan fingerprint density at radius 3 is 2.61 bits per heavy atom. The molecule has 2 aromatic heterocycles. The molecular formula is C25H18ClF2N5O3. The number of benzene rings is 2. The molecule has 36 heavy (non-hydrogen) atoms. The van der Waals surface area contributed by atoms with E-state index < -0.39 is 12.1 Å². The lowest BCUT2D eigenvalue weighted by Gasteiger charge is -2.17. The molecule has 1 aliphatic rings. The monoisotopic (exact) mass is 509 g/mol. The summed E-state index contributed by atoms with van der Waals surface area (Å²) in [5.74, 6) is 0.717. The minimum absolute atomic E-state index is 0.0768. The molecule has 182 valence electrons. The van der Waals surface area contributed by atoms with E-state index in [1.165, 1.54) is 12.4 Å². The number of pyridine rings is 1. The number of carbonyl (C=O) groups is 1. The highest BCUT2D eigenvalue weighted by Crippen LogP contribution is 2.34. The Bertz CT molecular complexity index is 1570. The minimum Gasteiger partial charge on any atom is -0.456 e. The van der Waals surface area contributed by atoms with Crippen LogP contribution in [0.4, 0.5) is 26.0 Å². The minimum atomic E-state index is -2.94. The van der Waals surface area contributed by atoms with Gasteiger partial charge in [0.05, 0.1) is 10.5 Å². The van der Waals surface area contributed by atoms with Gasteiger partial charge in [0.15, 0.2) is 0 Å². The number of aromatic nitrogens is 3. The van der Waals surface area contributed by atoms with Gasteiger partial charge in [-0.2, -0.15) is 8.78 Å². The van der Waals surface area contributed by atoms with Crippen LogP contribution >= 0.6 is 11.6 Å². The molecule has 0 spiro atoms. The van der Waals surface area contributed by atoms with E-state index in [-0.39, 0.29) is 27.0 Å². The zero-order valence-corrected chi connectivity index (χ0v) is 19.4. The maximum Gasteiger partial charge on any atom is 0.321 e. The van der Waals surface area contributed by atoms with Crippen LogP contribution in [0.1, 0.15) is 13.0 Å². The van der Waals surface area contributed by atoms with Crippen molar-refractivity contribution in [2.45, 2.75) is 13.0 Å². The lowest BCUT2D eigenvalue weighted by molar-refractivity contribution is -0.114. The molecule has 1 fully saturated rings. The molecule has 0 saturated carbocycles. The summed E-state index contributed by atoms with van der Waals surface area (Å²) < 4.78 is 31.4. The fourth-order valence-electron chi connectivity index (χ4n) is 3.83. The quantitative estimate of drug-likeness (QED) is 0.337. The van der Waals surface area contributed by atoms with Crippen molar-refractivity contribution in [2.75, 3.05) is 16.8 Å². The standard InChI is InChI=1S/C25H18ClF2N5O3/c1-14-6-8-32(24(14)35)16-3-4-20-18(11-16)23(30-13-29-20)31-15-2-5-21(19(26)10-15)36-17-7-9-33(25(27)28)22(34)12-17/h2-5,7,9-13,25H,1,6,8H2,(H,29,30,31). The van der Waals surface area contributed by atoms with E-state index in [9.17, 15) is 18.4 Å². The molecule has 8 nitrogen and oxygen atoms in total. The van der Waals surface area contributed by atoms with Gasteiger partial charge >= 0.3 is 6.55 Å². The Balaban J connectivity index is 1.40. The van der Waals surface area contributed by atoms with Gasteiger partial charge in [-0.1, -0.05) is 18.2 Å². The first-order valence-electron chi connectivity index (χ1n) is 10.8. The van der Waals surface area contributed by atoms with Crippen molar-refractivity contribution in [3.8, 4) is 11.5 Å². The number of fused-ring (bicyclic) bond motifs is 1. The average Bonchev–Trinajstić information content (AvgIpc) is 3.18. The average molecular weight is 510 g/mol. The lowest BCUT2D eigenvalue weighted by Crippen LogP contribution is -2.24. The van der Waals surface area contributed by atoms with Gasteiger partial charge in [-0.05, 0) is 48.9 Å². The molecule has 0 unspecified atom stereocenters. The number of halogens is 3. The molecule has 1 amide bonds. The van der Waals surface area contributed by atoms with Gasteiger partial charge in [-0.25, -0.2) is 9.97 Å². The smallest absolute Gasteiger partial charge is 0.321 e. The first-order valence-corrected chi connectivity index (χ1v) is 11.2. The molecule has 2 aromatic carbocycles. The first-order chi connectivity index (χ1) is 17.3. The van der Waals surface area contributed by atoms with Crippen LogP contribution in [0, 0.1) is 0 Å². The van der Waals surface area contributed by atoms with Crippen molar-refractivity contribution in [3.05, 3.63) is 88.6 Å². The van der Waals surface area contributed by atoms with E-state index in [1.54, 1.807) is 23.1 Å². The maximum atomic E-state index is 12.8. The van der Waals surface area contributed by atoms with Crippen LogP contribution in [0.2, 0.25) is 5.02 Å². The van der Waals surface area contributed by atoms with E-state index in [2.05, 4.69) is 21.9 Å². The fraction of sp³-hybridized carbons (Fsp3) is 0.120. The summed E-state index contributed by atoms with van der Waals surface area (Å²) in [4.78, 5) is 34.5. The molecule has 1 saturated heterocycles. The Morgan fingerprint density at radius 1 is 1.08 bits per heavy atom. The number of nitrogens with one attached hydrogen (secondary N) is 1. The van der Waals surface area contributed by atoms with Gasteiger partial charge in [0.2, 0.25) is 0 Å². The second-order valence-electron chi connectivity index (χ2n) is 7.99. The number of alkyl halides is 2. The fourth-order valence-corrected chi connectivity index (χ4v) is 4.05. The van der Waals surface area contributed by atoms with Crippen LogP contribution in [-0.4, -0.2) is 27.0 Å². The van der Waals surface area contributed by atoms with E-state index in [1.807, 2.05) is 18.2 Å². The van der Waals surface area contributed by atoms with E-state index in [0.717, 1.165) is 18.0 Å². The van der Waals surface area contributed by atoms with Gasteiger partial charge in [0, 0.05) is 41.1 Å². The van der Waals surface area contributed by atoms with Gasteiger partial charge in [0.1, 0.15) is 23.6 Å². The van der Waals surface area contributed by atoms with Crippen LogP contribution in [0.15, 0.2) is 78.0 Å². The van der Waals surface area contributed by atoms with Crippen LogP contribution in [0.3, 0.4) is 0 Å². The maximum absolute atomic E-state index is 12.8. The summed E-state index contributed by atoms with van der Waals surface area (Å²) in [6, 6.07) is 12.6. The number of amides is 1. The van der Waals surface area contributed by atoms with Crippen molar-refractivity contribution >= 4 is 45.6 Å². The lowest BCUT2D eigenvalue weighted by atomic mass is 10.2. The summed E-state index contributed by atoms with van der Waals surface area (Å²) in [5, 5.41) is 4.12. The van der Waals surface area contributed by atoms with E-state index in [0.29, 0.717) is 40.9 Å². The third kappa shape index (κ3) is 4.50. The second kappa shape index (κ2) is 9.38. The molecule has 11 heteroatoms. The van der Waals surface area contributed by atoms with Crippen molar-refractivity contribution < 1.29 is 18.3 Å². The zero-order valence-electron chi connectivity index (χ0n) is 18.6. The van der Waals surface area contributed by atoms with Crippen molar-refractivity contribution in [1.82, 2.24) is 14.5 Å². The summed E-state index contributed by atoms with van der Waals surface area (Å²) in [6.45, 7) is 1.43. The molecular weight excluding hydrogens is 492 g/mol. The third-order valence-electron chi connectivity index (χ3n) is 5.67. The molecule has 3 heterocycles. The van der Waals surface area contributed by atoms with Crippen molar-refractivity contribution in [1.29, 1.82) is 0 Å². The molecule has 0 radical (unpaired) electrons. The normalized spacial score (nSPS) is 13.6. The van der Waals surface area contributed by atoms with Crippen LogP contribution < -0.4 is 20.5 Å². The number of ether oxygens (including phenoxy) is 1. The van der Waals surface area contributed by atoms with Gasteiger partial charge in [-0.3, -0.25) is 14.2 Å². The van der Waals surface area contributed by atoms with Gasteiger partial charge in [0.25, 0.3) is 11.5 Å². The Kier molecular flexibility index (Phi) is 6.11. The zero-order chi connectivity index (χ0) is 25.4. The molecule has 4 aromatic rings. The van der Waals surface area contributed by atoms with Gasteiger partial charge in [-0.15, -0.1) is 0 Å². The van der Waals surface area contributed by atoms with Crippen molar-refractivity contribution in [3.63, 3.8) is 0 Å². The topological polar surface area (TPSA) is 89.3 Å². The Morgan fingerprint density at radius 2 is 1.92 bits per heavy atom.